The predicted octanol–water partition coefficient (Wildman–Crippen LogP) is 2.76. The van der Waals surface area contributed by atoms with Gasteiger partial charge in [0.1, 0.15) is 16.8 Å². The molecule has 0 aliphatic heterocycles. The van der Waals surface area contributed by atoms with E-state index in [-0.39, 0.29) is 28.3 Å². The summed E-state index contributed by atoms with van der Waals surface area (Å²) in [6.45, 7) is 2.00. The van der Waals surface area contributed by atoms with Crippen molar-refractivity contribution in [3.05, 3.63) is 34.5 Å². The highest BCUT2D eigenvalue weighted by atomic mass is 35.5. The predicted molar refractivity (Wildman–Crippen MR) is 127 cm³/mol. The number of sulfonamides is 1. The highest BCUT2D eigenvalue weighted by Gasteiger charge is 2.34. The largest absolute Gasteiger partial charge is 0.465 e. The first-order valence-electron chi connectivity index (χ1n) is 10.4. The SMILES string of the molecule is CNCCN(C)[C@H]1CC(OC=O)CC[C@@H]1Nc1cc(F)c(S(=O)(=O)Nc2nccs2)cc1Cl. The van der Waals surface area contributed by atoms with Crippen LogP contribution >= 0.6 is 22.9 Å². The van der Waals surface area contributed by atoms with Crippen molar-refractivity contribution < 1.29 is 22.3 Å². The molecule has 1 unspecified atom stereocenters. The minimum atomic E-state index is -4.19. The van der Waals surface area contributed by atoms with Crippen LogP contribution in [0.1, 0.15) is 19.3 Å². The van der Waals surface area contributed by atoms with Crippen LogP contribution in [0.4, 0.5) is 15.2 Å². The van der Waals surface area contributed by atoms with E-state index in [0.717, 1.165) is 36.6 Å². The number of likely N-dealkylation sites (N-methyl/N-ethyl adjacent to an activating group) is 2. The van der Waals surface area contributed by atoms with E-state index in [2.05, 4.69) is 25.2 Å². The Morgan fingerprint density at radius 2 is 2.18 bits per heavy atom. The summed E-state index contributed by atoms with van der Waals surface area (Å²) in [6.07, 6.45) is 3.17. The number of thiazole rings is 1. The third-order valence-electron chi connectivity index (χ3n) is 5.60. The first kappa shape index (κ1) is 25.6. The van der Waals surface area contributed by atoms with E-state index in [4.69, 9.17) is 16.3 Å². The molecule has 2 aromatic rings. The highest BCUT2D eigenvalue weighted by molar-refractivity contribution is 7.93. The van der Waals surface area contributed by atoms with Gasteiger partial charge in [-0.25, -0.2) is 17.8 Å². The Morgan fingerprint density at radius 1 is 1.39 bits per heavy atom. The normalized spacial score (nSPS) is 21.1. The molecule has 1 heterocycles. The fourth-order valence-electron chi connectivity index (χ4n) is 3.91. The molecule has 1 aromatic heterocycles. The van der Waals surface area contributed by atoms with E-state index in [1.165, 1.54) is 6.20 Å². The molecule has 0 saturated heterocycles. The lowest BCUT2D eigenvalue weighted by atomic mass is 9.87. The topological polar surface area (TPSA) is 113 Å². The van der Waals surface area contributed by atoms with E-state index >= 15 is 0 Å². The monoisotopic (exact) mass is 519 g/mol. The van der Waals surface area contributed by atoms with Crippen molar-refractivity contribution in [2.45, 2.75) is 42.3 Å². The third kappa shape index (κ3) is 6.54. The van der Waals surface area contributed by atoms with Crippen LogP contribution in [0.2, 0.25) is 5.02 Å². The number of nitrogens with zero attached hydrogens (tertiary/aromatic N) is 2. The molecule has 1 aliphatic carbocycles. The number of hydrogen-bond acceptors (Lipinski definition) is 9. The van der Waals surface area contributed by atoms with Gasteiger partial charge in [0.25, 0.3) is 16.5 Å². The average Bonchev–Trinajstić information content (AvgIpc) is 3.27. The molecule has 0 radical (unpaired) electrons. The van der Waals surface area contributed by atoms with Gasteiger partial charge in [0, 0.05) is 43.2 Å². The maximum absolute atomic E-state index is 14.9. The number of aromatic nitrogens is 1. The lowest BCUT2D eigenvalue weighted by molar-refractivity contribution is -0.136. The van der Waals surface area contributed by atoms with Gasteiger partial charge in [-0.1, -0.05) is 11.6 Å². The number of hydrogen-bond donors (Lipinski definition) is 3. The van der Waals surface area contributed by atoms with Crippen molar-refractivity contribution in [1.29, 1.82) is 0 Å². The van der Waals surface area contributed by atoms with Crippen molar-refractivity contribution in [2.75, 3.05) is 37.2 Å². The molecule has 0 amide bonds. The summed E-state index contributed by atoms with van der Waals surface area (Å²) < 4.78 is 47.5. The van der Waals surface area contributed by atoms with E-state index in [1.54, 1.807) is 5.38 Å². The van der Waals surface area contributed by atoms with Crippen molar-refractivity contribution >= 4 is 50.3 Å². The minimum absolute atomic E-state index is 0.00819. The van der Waals surface area contributed by atoms with Gasteiger partial charge in [0.2, 0.25) is 0 Å². The van der Waals surface area contributed by atoms with Crippen molar-refractivity contribution in [3.8, 4) is 0 Å². The number of nitrogens with one attached hydrogen (secondary N) is 3. The summed E-state index contributed by atoms with van der Waals surface area (Å²) in [5, 5.41) is 8.21. The molecule has 1 saturated carbocycles. The summed E-state index contributed by atoms with van der Waals surface area (Å²) in [5.74, 6) is -0.927. The van der Waals surface area contributed by atoms with Gasteiger partial charge in [-0.3, -0.25) is 14.4 Å². The summed E-state index contributed by atoms with van der Waals surface area (Å²) in [4.78, 5) is 16.3. The molecular formula is C20H27ClFN5O4S2. The molecule has 13 heteroatoms. The van der Waals surface area contributed by atoms with E-state index in [9.17, 15) is 17.6 Å². The Kier molecular flexibility index (Phi) is 8.88. The summed E-state index contributed by atoms with van der Waals surface area (Å²) in [5.41, 5.74) is 0.300. The lowest BCUT2D eigenvalue weighted by Crippen LogP contribution is -2.51. The van der Waals surface area contributed by atoms with Crippen LogP contribution in [0.25, 0.3) is 0 Å². The Bertz CT molecular complexity index is 1040. The van der Waals surface area contributed by atoms with Crippen LogP contribution in [-0.2, 0) is 19.6 Å². The van der Waals surface area contributed by atoms with Crippen LogP contribution < -0.4 is 15.4 Å². The first-order valence-corrected chi connectivity index (χ1v) is 13.1. The zero-order chi connectivity index (χ0) is 24.0. The van der Waals surface area contributed by atoms with Gasteiger partial charge in [-0.15, -0.1) is 11.3 Å². The van der Waals surface area contributed by atoms with E-state index in [0.29, 0.717) is 31.4 Å². The molecule has 1 aliphatic rings. The molecular weight excluding hydrogens is 493 g/mol. The Balaban J connectivity index is 1.80. The fraction of sp³-hybridized carbons (Fsp3) is 0.500. The molecule has 33 heavy (non-hydrogen) atoms. The molecule has 3 rings (SSSR count). The summed E-state index contributed by atoms with van der Waals surface area (Å²) >= 11 is 7.45. The standard InChI is InChI=1S/C20H27ClFN5O4S2/c1-23-5-7-27(2)18-9-13(31-12-28)3-4-16(18)25-17-11-15(22)19(10-14(17)21)33(29,30)26-20-24-6-8-32-20/h6,8,10-13,16,18,23,25H,3-5,7,9H2,1-2H3,(H,24,26)/t13?,16-,18-/m0/s1. The van der Waals surface area contributed by atoms with Crippen molar-refractivity contribution in [3.63, 3.8) is 0 Å². The zero-order valence-corrected chi connectivity index (χ0v) is 20.6. The van der Waals surface area contributed by atoms with Gasteiger partial charge in [0.05, 0.1) is 10.7 Å². The maximum atomic E-state index is 14.9. The maximum Gasteiger partial charge on any atom is 0.293 e. The Hall–Kier alpha value is -1.99. The van der Waals surface area contributed by atoms with E-state index in [1.807, 2.05) is 14.1 Å². The van der Waals surface area contributed by atoms with Gasteiger partial charge < -0.3 is 15.4 Å². The number of carbonyl (C=O) groups is 1. The third-order valence-corrected chi connectivity index (χ3v) is 8.09. The molecule has 9 nitrogen and oxygen atoms in total. The quantitative estimate of drug-likeness (QED) is 0.388. The lowest BCUT2D eigenvalue weighted by Gasteiger charge is -2.41. The smallest absolute Gasteiger partial charge is 0.293 e. The molecule has 0 spiro atoms. The second kappa shape index (κ2) is 11.4. The number of halogens is 2. The molecule has 182 valence electrons. The van der Waals surface area contributed by atoms with Crippen molar-refractivity contribution in [1.82, 2.24) is 15.2 Å². The molecule has 1 aromatic carbocycles. The Labute approximate surface area is 201 Å². The van der Waals surface area contributed by atoms with Crippen molar-refractivity contribution in [2.24, 2.45) is 0 Å². The number of rotatable bonds is 11. The summed E-state index contributed by atoms with van der Waals surface area (Å²) in [7, 11) is -0.349. The zero-order valence-electron chi connectivity index (χ0n) is 18.3. The highest BCUT2D eigenvalue weighted by Crippen LogP contribution is 2.33. The molecule has 0 bridgehead atoms. The van der Waals surface area contributed by atoms with Crippen LogP contribution in [0.15, 0.2) is 28.6 Å². The molecule has 3 atom stereocenters. The van der Waals surface area contributed by atoms with Crippen LogP contribution in [-0.4, -0.2) is 70.1 Å². The summed E-state index contributed by atoms with van der Waals surface area (Å²) in [6, 6.07) is 2.07. The molecule has 1 fully saturated rings. The minimum Gasteiger partial charge on any atom is -0.465 e. The number of ether oxygens (including phenoxy) is 1. The van der Waals surface area contributed by atoms with E-state index < -0.39 is 20.7 Å². The average molecular weight is 520 g/mol. The van der Waals surface area contributed by atoms with Crippen LogP contribution in [0, 0.1) is 5.82 Å². The van der Waals surface area contributed by atoms with Gasteiger partial charge in [0.15, 0.2) is 5.13 Å². The second-order valence-corrected chi connectivity index (χ2v) is 10.7. The number of benzene rings is 1. The van der Waals surface area contributed by atoms with Gasteiger partial charge in [-0.2, -0.15) is 0 Å². The van der Waals surface area contributed by atoms with Gasteiger partial charge >= 0.3 is 0 Å². The fourth-order valence-corrected chi connectivity index (χ4v) is 6.07. The Morgan fingerprint density at radius 3 is 2.85 bits per heavy atom. The van der Waals surface area contributed by atoms with Crippen LogP contribution in [0.5, 0.6) is 0 Å². The van der Waals surface area contributed by atoms with Crippen LogP contribution in [0.3, 0.4) is 0 Å². The number of carbonyl (C=O) groups excluding carboxylic acids is 1. The first-order chi connectivity index (χ1) is 15.7. The molecule has 3 N–H and O–H groups in total. The van der Waals surface area contributed by atoms with Gasteiger partial charge in [-0.05, 0) is 39.1 Å². The number of anilines is 2. The second-order valence-electron chi connectivity index (χ2n) is 7.77.